The number of hydrogen-bond acceptors (Lipinski definition) is 6. The van der Waals surface area contributed by atoms with Crippen LogP contribution >= 0.6 is 11.8 Å². The van der Waals surface area contributed by atoms with Crippen LogP contribution in [0.3, 0.4) is 0 Å². The molecule has 6 heteroatoms. The van der Waals surface area contributed by atoms with Crippen LogP contribution in [0.25, 0.3) is 0 Å². The SMILES string of the molecule is COC(NCC1C=CC(SC)=CN1)c1ccc2c(c1)OCCCN2c1ccc(C2CC2)cc1. The van der Waals surface area contributed by atoms with Crippen LogP contribution in [0, 0.1) is 0 Å². The van der Waals surface area contributed by atoms with Crippen molar-refractivity contribution in [3.05, 3.63) is 76.8 Å². The number of fused-ring (bicyclic) bond motifs is 1. The number of thioether (sulfide) groups is 1. The maximum Gasteiger partial charge on any atom is 0.143 e. The van der Waals surface area contributed by atoms with Gasteiger partial charge in [0.05, 0.1) is 18.3 Å². The van der Waals surface area contributed by atoms with Crippen molar-refractivity contribution in [2.45, 2.75) is 37.5 Å². The maximum absolute atomic E-state index is 6.17. The second-order valence-electron chi connectivity index (χ2n) is 8.85. The van der Waals surface area contributed by atoms with Crippen molar-refractivity contribution < 1.29 is 9.47 Å². The highest BCUT2D eigenvalue weighted by Crippen LogP contribution is 2.42. The van der Waals surface area contributed by atoms with Gasteiger partial charge in [0.1, 0.15) is 12.0 Å². The van der Waals surface area contributed by atoms with E-state index >= 15 is 0 Å². The minimum atomic E-state index is -0.199. The van der Waals surface area contributed by atoms with E-state index in [1.807, 2.05) is 0 Å². The van der Waals surface area contributed by atoms with Gasteiger partial charge in [-0.25, -0.2) is 0 Å². The first-order valence-electron chi connectivity index (χ1n) is 11.8. The molecule has 3 aliphatic rings. The van der Waals surface area contributed by atoms with Crippen molar-refractivity contribution >= 4 is 23.1 Å². The van der Waals surface area contributed by atoms with Crippen LogP contribution in [-0.4, -0.2) is 39.1 Å². The van der Waals surface area contributed by atoms with Crippen LogP contribution in [0.15, 0.2) is 65.7 Å². The molecule has 1 fully saturated rings. The van der Waals surface area contributed by atoms with Crippen LogP contribution < -0.4 is 20.3 Å². The zero-order chi connectivity index (χ0) is 22.6. The van der Waals surface area contributed by atoms with Crippen molar-refractivity contribution in [2.75, 3.05) is 38.0 Å². The van der Waals surface area contributed by atoms with Crippen LogP contribution in [-0.2, 0) is 4.74 Å². The average Bonchev–Trinajstić information content (AvgIpc) is 3.72. The van der Waals surface area contributed by atoms with Crippen LogP contribution in [0.5, 0.6) is 5.75 Å². The molecule has 2 heterocycles. The molecule has 1 aliphatic carbocycles. The fourth-order valence-electron chi connectivity index (χ4n) is 4.50. The van der Waals surface area contributed by atoms with Crippen molar-refractivity contribution in [1.29, 1.82) is 0 Å². The number of nitrogens with zero attached hydrogens (tertiary/aromatic N) is 1. The van der Waals surface area contributed by atoms with Gasteiger partial charge in [0.25, 0.3) is 0 Å². The molecule has 0 aromatic heterocycles. The lowest BCUT2D eigenvalue weighted by molar-refractivity contribution is 0.0727. The predicted octanol–water partition coefficient (Wildman–Crippen LogP) is 5.45. The summed E-state index contributed by atoms with van der Waals surface area (Å²) in [5, 5.41) is 6.96. The van der Waals surface area contributed by atoms with Gasteiger partial charge in [0.2, 0.25) is 0 Å². The molecule has 0 saturated heterocycles. The van der Waals surface area contributed by atoms with E-state index in [0.717, 1.165) is 49.0 Å². The third-order valence-corrected chi connectivity index (χ3v) is 7.27. The standard InChI is InChI=1S/C27H33N3O2S/c1-31-27(29-17-22-9-12-24(33-2)18-28-22)21-8-13-25-26(16-21)32-15-3-14-30(25)23-10-6-20(7-11-23)19-4-5-19/h6-13,16,18-19,22,27-29H,3-5,14-15,17H2,1-2H3. The number of methoxy groups -OCH3 is 1. The quantitative estimate of drug-likeness (QED) is 0.508. The van der Waals surface area contributed by atoms with Crippen LogP contribution in [0.2, 0.25) is 0 Å². The largest absolute Gasteiger partial charge is 0.491 e. The number of anilines is 2. The first kappa shape index (κ1) is 22.4. The second-order valence-corrected chi connectivity index (χ2v) is 9.73. The summed E-state index contributed by atoms with van der Waals surface area (Å²) in [6.07, 6.45) is 12.0. The minimum Gasteiger partial charge on any atom is -0.491 e. The molecule has 33 heavy (non-hydrogen) atoms. The second kappa shape index (κ2) is 10.2. The topological polar surface area (TPSA) is 45.8 Å². The third-order valence-electron chi connectivity index (χ3n) is 6.54. The Morgan fingerprint density at radius 1 is 1.21 bits per heavy atom. The van der Waals surface area contributed by atoms with Gasteiger partial charge < -0.3 is 19.7 Å². The number of ether oxygens (including phenoxy) is 2. The fourth-order valence-corrected chi connectivity index (χ4v) is 4.90. The molecule has 0 bridgehead atoms. The van der Waals surface area contributed by atoms with Crippen molar-refractivity contribution in [3.63, 3.8) is 0 Å². The molecule has 2 atom stereocenters. The van der Waals surface area contributed by atoms with Crippen molar-refractivity contribution in [3.8, 4) is 5.75 Å². The zero-order valence-electron chi connectivity index (χ0n) is 19.4. The number of nitrogens with one attached hydrogen (secondary N) is 2. The minimum absolute atomic E-state index is 0.199. The van der Waals surface area contributed by atoms with Gasteiger partial charge in [-0.1, -0.05) is 24.3 Å². The molecule has 0 amide bonds. The predicted molar refractivity (Wildman–Crippen MR) is 137 cm³/mol. The van der Waals surface area contributed by atoms with Crippen molar-refractivity contribution in [1.82, 2.24) is 10.6 Å². The number of hydrogen-bond donors (Lipinski definition) is 2. The Morgan fingerprint density at radius 3 is 2.76 bits per heavy atom. The lowest BCUT2D eigenvalue weighted by atomic mass is 10.1. The number of rotatable bonds is 8. The fraction of sp³-hybridized carbons (Fsp3) is 0.407. The summed E-state index contributed by atoms with van der Waals surface area (Å²) in [6, 6.07) is 15.8. The number of allylic oxidation sites excluding steroid dienone is 1. The molecule has 1 saturated carbocycles. The Hall–Kier alpha value is -2.41. The lowest BCUT2D eigenvalue weighted by Crippen LogP contribution is -2.38. The Morgan fingerprint density at radius 2 is 2.06 bits per heavy atom. The highest BCUT2D eigenvalue weighted by atomic mass is 32.2. The van der Waals surface area contributed by atoms with E-state index in [1.54, 1.807) is 18.9 Å². The van der Waals surface area contributed by atoms with Gasteiger partial charge in [-0.3, -0.25) is 5.32 Å². The summed E-state index contributed by atoms with van der Waals surface area (Å²) in [6.45, 7) is 2.44. The molecular formula is C27H33N3O2S. The van der Waals surface area contributed by atoms with Gasteiger partial charge in [-0.2, -0.15) is 0 Å². The molecule has 2 aromatic rings. The molecule has 5 rings (SSSR count). The zero-order valence-corrected chi connectivity index (χ0v) is 20.2. The van der Waals surface area contributed by atoms with E-state index in [0.29, 0.717) is 0 Å². The molecular weight excluding hydrogens is 430 g/mol. The normalized spacial score (nSPS) is 20.8. The summed E-state index contributed by atoms with van der Waals surface area (Å²) < 4.78 is 12.0. The van der Waals surface area contributed by atoms with Gasteiger partial charge in [0.15, 0.2) is 0 Å². The Kier molecular flexibility index (Phi) is 6.95. The molecule has 2 N–H and O–H groups in total. The highest BCUT2D eigenvalue weighted by Gasteiger charge is 2.24. The van der Waals surface area contributed by atoms with Gasteiger partial charge in [0, 0.05) is 37.0 Å². The monoisotopic (exact) mass is 463 g/mol. The Labute approximate surface area is 201 Å². The van der Waals surface area contributed by atoms with Crippen molar-refractivity contribution in [2.24, 2.45) is 0 Å². The molecule has 5 nitrogen and oxygen atoms in total. The van der Waals surface area contributed by atoms with Crippen LogP contribution in [0.1, 0.15) is 42.5 Å². The highest BCUT2D eigenvalue weighted by molar-refractivity contribution is 8.02. The summed E-state index contributed by atoms with van der Waals surface area (Å²) in [5.74, 6) is 1.70. The molecule has 2 aliphatic heterocycles. The van der Waals surface area contributed by atoms with Gasteiger partial charge in [-0.15, -0.1) is 11.8 Å². The van der Waals surface area contributed by atoms with E-state index in [-0.39, 0.29) is 12.3 Å². The average molecular weight is 464 g/mol. The Balaban J connectivity index is 1.30. The number of benzene rings is 2. The lowest BCUT2D eigenvalue weighted by Gasteiger charge is -2.26. The summed E-state index contributed by atoms with van der Waals surface area (Å²) in [4.78, 5) is 3.62. The summed E-state index contributed by atoms with van der Waals surface area (Å²) >= 11 is 1.74. The first-order chi connectivity index (χ1) is 16.2. The molecule has 2 unspecified atom stereocenters. The number of dihydropyridines is 1. The molecule has 0 radical (unpaired) electrons. The third kappa shape index (κ3) is 5.24. The van der Waals surface area contributed by atoms with E-state index < -0.39 is 0 Å². The molecule has 174 valence electrons. The maximum atomic E-state index is 6.17. The molecule has 0 spiro atoms. The summed E-state index contributed by atoms with van der Waals surface area (Å²) in [7, 11) is 1.74. The Bertz CT molecular complexity index is 1020. The van der Waals surface area contributed by atoms with E-state index in [1.165, 1.54) is 29.0 Å². The first-order valence-corrected chi connectivity index (χ1v) is 13.1. The molecule has 2 aromatic carbocycles. The van der Waals surface area contributed by atoms with E-state index in [4.69, 9.17) is 9.47 Å². The smallest absolute Gasteiger partial charge is 0.143 e. The van der Waals surface area contributed by atoms with E-state index in [9.17, 15) is 0 Å². The van der Waals surface area contributed by atoms with Gasteiger partial charge >= 0.3 is 0 Å². The van der Waals surface area contributed by atoms with Gasteiger partial charge in [-0.05, 0) is 72.9 Å². The van der Waals surface area contributed by atoms with E-state index in [2.05, 4.69) is 82.6 Å². The van der Waals surface area contributed by atoms with Crippen LogP contribution in [0.4, 0.5) is 11.4 Å². The summed E-state index contributed by atoms with van der Waals surface area (Å²) in [5.41, 5.74) is 4.89.